The van der Waals surface area contributed by atoms with Crippen LogP contribution in [0.5, 0.6) is 0 Å². The molecule has 0 radical (unpaired) electrons. The van der Waals surface area contributed by atoms with E-state index in [1.807, 2.05) is 25.5 Å². The number of hydrogen-bond acceptors (Lipinski definition) is 2. The molecule has 0 aliphatic rings. The summed E-state index contributed by atoms with van der Waals surface area (Å²) in [5, 5.41) is 3.22. The molecule has 0 aliphatic heterocycles. The zero-order chi connectivity index (χ0) is 9.52. The van der Waals surface area contributed by atoms with Gasteiger partial charge >= 0.3 is 0 Å². The van der Waals surface area contributed by atoms with Crippen LogP contribution in [0.4, 0.5) is 0 Å². The molecule has 1 aromatic heterocycles. The second-order valence-corrected chi connectivity index (χ2v) is 3.33. The summed E-state index contributed by atoms with van der Waals surface area (Å²) in [5.41, 5.74) is 1.35. The normalized spacial score (nSPS) is 12.8. The summed E-state index contributed by atoms with van der Waals surface area (Å²) in [7, 11) is 2.00. The van der Waals surface area contributed by atoms with Gasteiger partial charge in [0.15, 0.2) is 0 Å². The largest absolute Gasteiger partial charge is 0.319 e. The van der Waals surface area contributed by atoms with E-state index in [9.17, 15) is 0 Å². The smallest absolute Gasteiger partial charge is 0.0303 e. The fourth-order valence-corrected chi connectivity index (χ4v) is 1.60. The fraction of sp³-hybridized carbons (Fsp3) is 0.545. The minimum atomic E-state index is 0.615. The predicted octanol–water partition coefficient (Wildman–Crippen LogP) is 2.18. The van der Waals surface area contributed by atoms with Gasteiger partial charge in [0, 0.05) is 18.9 Å². The molecule has 1 rings (SSSR count). The third-order valence-electron chi connectivity index (χ3n) is 2.24. The molecule has 0 aliphatic carbocycles. The molecule has 1 unspecified atom stereocenters. The van der Waals surface area contributed by atoms with Gasteiger partial charge in [-0.05, 0) is 31.0 Å². The lowest BCUT2D eigenvalue weighted by Gasteiger charge is -2.15. The molecule has 0 spiro atoms. The molecular weight excluding hydrogens is 160 g/mol. The van der Waals surface area contributed by atoms with E-state index in [2.05, 4.69) is 23.3 Å². The molecular formula is C11H18N2. The number of likely N-dealkylation sites (N-methyl/N-ethyl adjacent to an activating group) is 1. The van der Waals surface area contributed by atoms with Crippen molar-refractivity contribution in [3.63, 3.8) is 0 Å². The molecule has 1 heterocycles. The molecule has 0 aromatic carbocycles. The predicted molar refractivity (Wildman–Crippen MR) is 55.8 cm³/mol. The lowest BCUT2D eigenvalue weighted by molar-refractivity contribution is 0.574. The maximum absolute atomic E-state index is 4.14. The average Bonchev–Trinajstić information content (AvgIpc) is 2.19. The van der Waals surface area contributed by atoms with E-state index in [-0.39, 0.29) is 0 Å². The molecule has 1 N–H and O–H groups in total. The van der Waals surface area contributed by atoms with Crippen molar-refractivity contribution in [1.82, 2.24) is 10.3 Å². The molecule has 72 valence electrons. The Labute approximate surface area is 80.4 Å². The first kappa shape index (κ1) is 10.2. The van der Waals surface area contributed by atoms with Crippen molar-refractivity contribution >= 4 is 0 Å². The van der Waals surface area contributed by atoms with Crippen molar-refractivity contribution in [2.45, 2.75) is 25.7 Å². The summed E-state index contributed by atoms with van der Waals surface area (Å²) in [5.74, 6) is 0.615. The van der Waals surface area contributed by atoms with E-state index < -0.39 is 0 Å². The van der Waals surface area contributed by atoms with Crippen LogP contribution in [0.15, 0.2) is 24.5 Å². The molecule has 0 fully saturated rings. The lowest BCUT2D eigenvalue weighted by atomic mass is 9.96. The highest BCUT2D eigenvalue weighted by Gasteiger charge is 2.08. The van der Waals surface area contributed by atoms with Crippen LogP contribution < -0.4 is 5.32 Å². The van der Waals surface area contributed by atoms with Crippen LogP contribution in [0.1, 0.15) is 31.2 Å². The third-order valence-corrected chi connectivity index (χ3v) is 2.24. The topological polar surface area (TPSA) is 24.9 Å². The Balaban J connectivity index is 2.64. The van der Waals surface area contributed by atoms with Crippen LogP contribution in [0.2, 0.25) is 0 Å². The maximum atomic E-state index is 4.14. The second kappa shape index (κ2) is 5.70. The zero-order valence-electron chi connectivity index (χ0n) is 8.46. The van der Waals surface area contributed by atoms with E-state index in [4.69, 9.17) is 0 Å². The highest BCUT2D eigenvalue weighted by molar-refractivity contribution is 5.14. The standard InChI is InChI=1S/C11H18N2/c1-3-5-10(8-12-2)11-6-4-7-13-9-11/h4,6-7,9-10,12H,3,5,8H2,1-2H3. The Hall–Kier alpha value is -0.890. The van der Waals surface area contributed by atoms with Gasteiger partial charge in [-0.3, -0.25) is 4.98 Å². The molecule has 0 saturated carbocycles. The van der Waals surface area contributed by atoms with Crippen LogP contribution in [-0.4, -0.2) is 18.6 Å². The third kappa shape index (κ3) is 3.15. The van der Waals surface area contributed by atoms with Gasteiger partial charge in [0.25, 0.3) is 0 Å². The van der Waals surface area contributed by atoms with E-state index in [0.29, 0.717) is 5.92 Å². The summed E-state index contributed by atoms with van der Waals surface area (Å²) in [6.07, 6.45) is 6.25. The minimum absolute atomic E-state index is 0.615. The summed E-state index contributed by atoms with van der Waals surface area (Å²) in [4.78, 5) is 4.14. The van der Waals surface area contributed by atoms with E-state index in [1.165, 1.54) is 18.4 Å². The van der Waals surface area contributed by atoms with Gasteiger partial charge in [-0.1, -0.05) is 19.4 Å². The van der Waals surface area contributed by atoms with Crippen LogP contribution >= 0.6 is 0 Å². The molecule has 2 heteroatoms. The maximum Gasteiger partial charge on any atom is 0.0303 e. The summed E-state index contributed by atoms with van der Waals surface area (Å²) < 4.78 is 0. The van der Waals surface area contributed by atoms with E-state index in [0.717, 1.165) is 6.54 Å². The lowest BCUT2D eigenvalue weighted by Crippen LogP contribution is -2.17. The second-order valence-electron chi connectivity index (χ2n) is 3.33. The Morgan fingerprint density at radius 3 is 2.92 bits per heavy atom. The van der Waals surface area contributed by atoms with Crippen molar-refractivity contribution in [3.05, 3.63) is 30.1 Å². The number of aromatic nitrogens is 1. The van der Waals surface area contributed by atoms with Gasteiger partial charge in [0.05, 0.1) is 0 Å². The first-order chi connectivity index (χ1) is 6.38. The summed E-state index contributed by atoms with van der Waals surface area (Å²) in [6, 6.07) is 4.16. The highest BCUT2D eigenvalue weighted by atomic mass is 14.8. The first-order valence-electron chi connectivity index (χ1n) is 4.93. The average molecular weight is 178 g/mol. The van der Waals surface area contributed by atoms with Gasteiger partial charge < -0.3 is 5.32 Å². The van der Waals surface area contributed by atoms with Crippen LogP contribution in [-0.2, 0) is 0 Å². The van der Waals surface area contributed by atoms with E-state index in [1.54, 1.807) is 0 Å². The van der Waals surface area contributed by atoms with Gasteiger partial charge in [0.1, 0.15) is 0 Å². The van der Waals surface area contributed by atoms with Gasteiger partial charge in [-0.2, -0.15) is 0 Å². The van der Waals surface area contributed by atoms with Gasteiger partial charge in [-0.25, -0.2) is 0 Å². The number of hydrogen-bond donors (Lipinski definition) is 1. The van der Waals surface area contributed by atoms with Crippen molar-refractivity contribution in [2.75, 3.05) is 13.6 Å². The Morgan fingerprint density at radius 1 is 1.54 bits per heavy atom. The number of nitrogens with one attached hydrogen (secondary N) is 1. The molecule has 1 aromatic rings. The number of rotatable bonds is 5. The number of pyridine rings is 1. The number of nitrogens with zero attached hydrogens (tertiary/aromatic N) is 1. The quantitative estimate of drug-likeness (QED) is 0.747. The Morgan fingerprint density at radius 2 is 2.38 bits per heavy atom. The van der Waals surface area contributed by atoms with Crippen molar-refractivity contribution in [1.29, 1.82) is 0 Å². The monoisotopic (exact) mass is 178 g/mol. The summed E-state index contributed by atoms with van der Waals surface area (Å²) >= 11 is 0. The molecule has 2 nitrogen and oxygen atoms in total. The van der Waals surface area contributed by atoms with E-state index >= 15 is 0 Å². The first-order valence-corrected chi connectivity index (χ1v) is 4.93. The molecule has 0 bridgehead atoms. The van der Waals surface area contributed by atoms with Crippen LogP contribution in [0.3, 0.4) is 0 Å². The molecule has 13 heavy (non-hydrogen) atoms. The SMILES string of the molecule is CCCC(CNC)c1cccnc1. The van der Waals surface area contributed by atoms with Gasteiger partial charge in [-0.15, -0.1) is 0 Å². The minimum Gasteiger partial charge on any atom is -0.319 e. The zero-order valence-corrected chi connectivity index (χ0v) is 8.46. The molecule has 0 saturated heterocycles. The van der Waals surface area contributed by atoms with Gasteiger partial charge in [0.2, 0.25) is 0 Å². The van der Waals surface area contributed by atoms with Crippen LogP contribution in [0, 0.1) is 0 Å². The summed E-state index contributed by atoms with van der Waals surface area (Å²) in [6.45, 7) is 3.26. The van der Waals surface area contributed by atoms with Crippen molar-refractivity contribution in [3.8, 4) is 0 Å². The fourth-order valence-electron chi connectivity index (χ4n) is 1.60. The van der Waals surface area contributed by atoms with Crippen molar-refractivity contribution < 1.29 is 0 Å². The highest BCUT2D eigenvalue weighted by Crippen LogP contribution is 2.18. The Bertz CT molecular complexity index is 215. The molecule has 1 atom stereocenters. The van der Waals surface area contributed by atoms with Crippen LogP contribution in [0.25, 0.3) is 0 Å². The molecule has 0 amide bonds. The Kier molecular flexibility index (Phi) is 4.47. The van der Waals surface area contributed by atoms with Crippen molar-refractivity contribution in [2.24, 2.45) is 0 Å².